The number of allylic oxidation sites excluding steroid dienone is 2. The van der Waals surface area contributed by atoms with Gasteiger partial charge in [-0.05, 0) is 36.6 Å². The molecule has 0 aliphatic heterocycles. The first-order valence-corrected chi connectivity index (χ1v) is 9.65. The number of anilines is 1. The summed E-state index contributed by atoms with van der Waals surface area (Å²) in [6.45, 7) is 1.80. The Bertz CT molecular complexity index is 884. The van der Waals surface area contributed by atoms with E-state index >= 15 is 0 Å². The molecule has 0 heterocycles. The molecule has 0 fully saturated rings. The molecule has 2 aromatic carbocycles. The fraction of sp³-hybridized carbons (Fsp3) is 0.211. The maximum atomic E-state index is 11.7. The van der Waals surface area contributed by atoms with Gasteiger partial charge in [0.05, 0.1) is 16.8 Å². The van der Waals surface area contributed by atoms with Crippen molar-refractivity contribution in [2.45, 2.75) is 25.8 Å². The molecule has 0 amide bonds. The van der Waals surface area contributed by atoms with Crippen LogP contribution in [-0.2, 0) is 16.1 Å². The number of rotatable bonds is 6. The maximum absolute atomic E-state index is 11.7. The van der Waals surface area contributed by atoms with Gasteiger partial charge < -0.3 is 5.32 Å². The normalized spacial score (nSPS) is 16.7. The lowest BCUT2D eigenvalue weighted by Crippen LogP contribution is -2.24. The van der Waals surface area contributed by atoms with Gasteiger partial charge in [-0.3, -0.25) is 9.35 Å². The Labute approximate surface area is 159 Å². The minimum atomic E-state index is -2.18. The molecule has 3 N–H and O–H groups in total. The number of hydrogen-bond donors (Lipinski definition) is 3. The first-order valence-electron chi connectivity index (χ1n) is 8.17. The van der Waals surface area contributed by atoms with Crippen LogP contribution in [0, 0.1) is 0 Å². The zero-order valence-electron chi connectivity index (χ0n) is 14.2. The molecule has 1 aliphatic carbocycles. The van der Waals surface area contributed by atoms with Crippen molar-refractivity contribution >= 4 is 34.3 Å². The lowest BCUT2D eigenvalue weighted by molar-refractivity contribution is -0.114. The van der Waals surface area contributed by atoms with E-state index in [0.29, 0.717) is 23.6 Å². The summed E-state index contributed by atoms with van der Waals surface area (Å²) >= 11 is 4.13. The van der Waals surface area contributed by atoms with Crippen LogP contribution < -0.4 is 10.0 Å². The predicted molar refractivity (Wildman–Crippen MR) is 104 cm³/mol. The number of Topliss-reactive ketones (excluding diaryl/α,β-unsaturated/α-hetero) is 1. The Hall–Kier alpha value is -1.99. The number of carbonyl (C=O) groups excluding carboxylic acids is 1. The molecule has 2 unspecified atom stereocenters. The van der Waals surface area contributed by atoms with E-state index in [2.05, 4.69) is 10.0 Å². The molecular weight excluding hydrogens is 372 g/mol. The molecule has 2 aromatic rings. The highest BCUT2D eigenvalue weighted by Gasteiger charge is 2.21. The van der Waals surface area contributed by atoms with Crippen molar-refractivity contribution in [1.82, 2.24) is 4.72 Å². The van der Waals surface area contributed by atoms with Gasteiger partial charge >= 0.3 is 0 Å². The largest absolute Gasteiger partial charge is 0.357 e. The van der Waals surface area contributed by atoms with Crippen molar-refractivity contribution in [2.24, 2.45) is 0 Å². The Morgan fingerprint density at radius 2 is 1.85 bits per heavy atom. The average Bonchev–Trinajstić information content (AvgIpc) is 2.94. The molecule has 0 aromatic heterocycles. The fourth-order valence-electron chi connectivity index (χ4n) is 2.99. The van der Waals surface area contributed by atoms with E-state index in [0.717, 1.165) is 22.4 Å². The summed E-state index contributed by atoms with van der Waals surface area (Å²) in [6.07, 6.45) is 1.16. The van der Waals surface area contributed by atoms with Gasteiger partial charge in [0, 0.05) is 17.7 Å². The number of benzene rings is 2. The van der Waals surface area contributed by atoms with E-state index in [4.69, 9.17) is 11.6 Å². The van der Waals surface area contributed by atoms with Crippen LogP contribution in [0.2, 0.25) is 5.02 Å². The summed E-state index contributed by atoms with van der Waals surface area (Å²) in [6, 6.07) is 14.3. The SMILES string of the molecule is CC1=C(Nc2cc(C(NS(=O)O)c3ccccc3)ccc2Cl)CCC1=O. The molecule has 0 saturated heterocycles. The summed E-state index contributed by atoms with van der Waals surface area (Å²) in [5.41, 5.74) is 3.90. The molecule has 26 heavy (non-hydrogen) atoms. The molecule has 0 saturated carbocycles. The quantitative estimate of drug-likeness (QED) is 0.646. The summed E-state index contributed by atoms with van der Waals surface area (Å²) in [5, 5.41) is 3.77. The van der Waals surface area contributed by atoms with Crippen molar-refractivity contribution < 1.29 is 13.6 Å². The second-order valence-electron chi connectivity index (χ2n) is 6.10. The van der Waals surface area contributed by atoms with Crippen molar-refractivity contribution in [3.8, 4) is 0 Å². The Morgan fingerprint density at radius 3 is 2.46 bits per heavy atom. The van der Waals surface area contributed by atoms with E-state index in [-0.39, 0.29) is 5.78 Å². The fourth-order valence-corrected chi connectivity index (χ4v) is 3.63. The third-order valence-electron chi connectivity index (χ3n) is 4.43. The van der Waals surface area contributed by atoms with E-state index < -0.39 is 17.3 Å². The smallest absolute Gasteiger partial charge is 0.232 e. The van der Waals surface area contributed by atoms with E-state index in [1.807, 2.05) is 42.5 Å². The summed E-state index contributed by atoms with van der Waals surface area (Å²) < 4.78 is 23.4. The van der Waals surface area contributed by atoms with E-state index in [9.17, 15) is 13.6 Å². The number of carbonyl (C=O) groups is 1. The van der Waals surface area contributed by atoms with Crippen LogP contribution in [0.4, 0.5) is 5.69 Å². The van der Waals surface area contributed by atoms with Crippen LogP contribution in [0.15, 0.2) is 59.8 Å². The highest BCUT2D eigenvalue weighted by Crippen LogP contribution is 2.32. The van der Waals surface area contributed by atoms with Crippen molar-refractivity contribution in [3.05, 3.63) is 76.0 Å². The molecule has 7 heteroatoms. The topological polar surface area (TPSA) is 78.4 Å². The van der Waals surface area contributed by atoms with Crippen LogP contribution in [0.25, 0.3) is 0 Å². The Balaban J connectivity index is 1.96. The molecular formula is C19H19ClN2O3S. The number of nitrogens with one attached hydrogen (secondary N) is 2. The predicted octanol–water partition coefficient (Wildman–Crippen LogP) is 4.20. The van der Waals surface area contributed by atoms with Crippen LogP contribution in [0.1, 0.15) is 36.9 Å². The van der Waals surface area contributed by atoms with Gasteiger partial charge in [-0.1, -0.05) is 48.0 Å². The highest BCUT2D eigenvalue weighted by atomic mass is 35.5. The molecule has 3 rings (SSSR count). The average molecular weight is 391 g/mol. The third kappa shape index (κ3) is 4.22. The zero-order chi connectivity index (χ0) is 18.7. The third-order valence-corrected chi connectivity index (χ3v) is 5.20. The van der Waals surface area contributed by atoms with E-state index in [1.54, 1.807) is 13.0 Å². The monoisotopic (exact) mass is 390 g/mol. The molecule has 0 radical (unpaired) electrons. The van der Waals surface area contributed by atoms with Gasteiger partial charge in [-0.2, -0.15) is 0 Å². The summed E-state index contributed by atoms with van der Waals surface area (Å²) in [5.74, 6) is 0.138. The summed E-state index contributed by atoms with van der Waals surface area (Å²) in [4.78, 5) is 11.7. The number of halogens is 1. The van der Waals surface area contributed by atoms with Crippen LogP contribution in [-0.4, -0.2) is 14.5 Å². The maximum Gasteiger partial charge on any atom is 0.232 e. The molecule has 5 nitrogen and oxygen atoms in total. The van der Waals surface area contributed by atoms with Gasteiger partial charge in [0.15, 0.2) is 5.78 Å². The highest BCUT2D eigenvalue weighted by molar-refractivity contribution is 7.77. The Kier molecular flexibility index (Phi) is 5.88. The minimum Gasteiger partial charge on any atom is -0.357 e. The second-order valence-corrected chi connectivity index (χ2v) is 7.24. The van der Waals surface area contributed by atoms with Gasteiger partial charge in [-0.15, -0.1) is 0 Å². The van der Waals surface area contributed by atoms with Crippen LogP contribution in [0.3, 0.4) is 0 Å². The van der Waals surface area contributed by atoms with Crippen LogP contribution in [0.5, 0.6) is 0 Å². The molecule has 0 bridgehead atoms. The first-order chi connectivity index (χ1) is 12.5. The summed E-state index contributed by atoms with van der Waals surface area (Å²) in [7, 11) is 0. The molecule has 136 valence electrons. The number of ketones is 1. The van der Waals surface area contributed by atoms with Crippen molar-refractivity contribution in [3.63, 3.8) is 0 Å². The Morgan fingerprint density at radius 1 is 1.12 bits per heavy atom. The lowest BCUT2D eigenvalue weighted by atomic mass is 9.99. The number of hydrogen-bond acceptors (Lipinski definition) is 3. The second kappa shape index (κ2) is 8.14. The zero-order valence-corrected chi connectivity index (χ0v) is 15.7. The van der Waals surface area contributed by atoms with E-state index in [1.165, 1.54) is 0 Å². The van der Waals surface area contributed by atoms with Gasteiger partial charge in [0.2, 0.25) is 11.3 Å². The molecule has 1 aliphatic rings. The van der Waals surface area contributed by atoms with Gasteiger partial charge in [0.1, 0.15) is 0 Å². The molecule has 2 atom stereocenters. The van der Waals surface area contributed by atoms with Crippen molar-refractivity contribution in [2.75, 3.05) is 5.32 Å². The lowest BCUT2D eigenvalue weighted by Gasteiger charge is -2.19. The van der Waals surface area contributed by atoms with Gasteiger partial charge in [-0.25, -0.2) is 8.93 Å². The van der Waals surface area contributed by atoms with Gasteiger partial charge in [0.25, 0.3) is 0 Å². The first kappa shape index (κ1) is 18.8. The standard InChI is InChI=1S/C19H19ClN2O3S/c1-12-16(9-10-18(12)23)21-17-11-14(7-8-15(17)20)19(22-26(24)25)13-5-3-2-4-6-13/h2-8,11,19,21-22H,9-10H2,1H3,(H,24,25). The minimum absolute atomic E-state index is 0.138. The van der Waals surface area contributed by atoms with Crippen LogP contribution >= 0.6 is 11.6 Å². The molecule has 0 spiro atoms. The van der Waals surface area contributed by atoms with Crippen molar-refractivity contribution in [1.29, 1.82) is 0 Å².